The molecule has 2 aliphatic rings. The van der Waals surface area contributed by atoms with E-state index in [4.69, 9.17) is 14.6 Å². The minimum Gasteiger partial charge on any atom is -0.376 e. The zero-order chi connectivity index (χ0) is 13.8. The molecule has 1 aromatic heterocycles. The smallest absolute Gasteiger partial charge is 0.0965 e. The van der Waals surface area contributed by atoms with Gasteiger partial charge in [-0.3, -0.25) is 4.68 Å². The molecule has 1 saturated carbocycles. The SMILES string of the molecule is CNC(Cc1ccn(C2CCCC2)n1)C1COCCO1. The fraction of sp³-hybridized carbons (Fsp3) is 0.800. The molecule has 0 aromatic carbocycles. The minimum atomic E-state index is 0.130. The second kappa shape index (κ2) is 6.70. The van der Waals surface area contributed by atoms with Gasteiger partial charge in [-0.25, -0.2) is 0 Å². The number of hydrogen-bond acceptors (Lipinski definition) is 4. The number of aromatic nitrogens is 2. The Bertz CT molecular complexity index is 409. The van der Waals surface area contributed by atoms with Gasteiger partial charge < -0.3 is 14.8 Å². The number of likely N-dealkylation sites (N-methyl/N-ethyl adjacent to an activating group) is 1. The lowest BCUT2D eigenvalue weighted by atomic mass is 10.1. The van der Waals surface area contributed by atoms with Crippen molar-refractivity contribution in [3.8, 4) is 0 Å². The topological polar surface area (TPSA) is 48.3 Å². The maximum atomic E-state index is 5.79. The highest BCUT2D eigenvalue weighted by atomic mass is 16.6. The molecule has 3 rings (SSSR count). The Morgan fingerprint density at radius 3 is 2.95 bits per heavy atom. The van der Waals surface area contributed by atoms with Crippen molar-refractivity contribution in [3.63, 3.8) is 0 Å². The fourth-order valence-corrected chi connectivity index (χ4v) is 3.24. The van der Waals surface area contributed by atoms with Crippen LogP contribution in [-0.2, 0) is 15.9 Å². The van der Waals surface area contributed by atoms with Gasteiger partial charge in [0, 0.05) is 18.7 Å². The molecule has 1 aromatic rings. The molecule has 2 atom stereocenters. The largest absolute Gasteiger partial charge is 0.376 e. The summed E-state index contributed by atoms with van der Waals surface area (Å²) in [5, 5.41) is 8.10. The van der Waals surface area contributed by atoms with Crippen LogP contribution < -0.4 is 5.32 Å². The predicted octanol–water partition coefficient (Wildman–Crippen LogP) is 1.54. The highest BCUT2D eigenvalue weighted by Crippen LogP contribution is 2.28. The van der Waals surface area contributed by atoms with E-state index in [0.717, 1.165) is 12.1 Å². The summed E-state index contributed by atoms with van der Waals surface area (Å²) in [5.74, 6) is 0. The number of rotatable bonds is 5. The molecule has 5 heteroatoms. The van der Waals surface area contributed by atoms with Crippen molar-refractivity contribution >= 4 is 0 Å². The first-order chi connectivity index (χ1) is 9.86. The molecule has 2 unspecified atom stereocenters. The molecule has 20 heavy (non-hydrogen) atoms. The average Bonchev–Trinajstić information content (AvgIpc) is 3.16. The monoisotopic (exact) mass is 279 g/mol. The van der Waals surface area contributed by atoms with Crippen LogP contribution in [0.4, 0.5) is 0 Å². The standard InChI is InChI=1S/C15H25N3O2/c1-16-14(15-11-19-8-9-20-15)10-12-6-7-18(17-12)13-4-2-3-5-13/h6-7,13-16H,2-5,8-11H2,1H3. The first kappa shape index (κ1) is 14.0. The number of nitrogens with zero attached hydrogens (tertiary/aromatic N) is 2. The van der Waals surface area contributed by atoms with Crippen molar-refractivity contribution in [2.75, 3.05) is 26.9 Å². The summed E-state index contributed by atoms with van der Waals surface area (Å²) >= 11 is 0. The minimum absolute atomic E-state index is 0.130. The van der Waals surface area contributed by atoms with E-state index in [1.54, 1.807) is 0 Å². The normalized spacial score (nSPS) is 25.9. The summed E-state index contributed by atoms with van der Waals surface area (Å²) in [5.41, 5.74) is 1.14. The molecule has 1 saturated heterocycles. The quantitative estimate of drug-likeness (QED) is 0.888. The van der Waals surface area contributed by atoms with Crippen molar-refractivity contribution in [3.05, 3.63) is 18.0 Å². The van der Waals surface area contributed by atoms with E-state index in [-0.39, 0.29) is 12.1 Å². The Kier molecular flexibility index (Phi) is 4.70. The van der Waals surface area contributed by atoms with Gasteiger partial charge in [0.2, 0.25) is 0 Å². The first-order valence-electron chi connectivity index (χ1n) is 7.77. The molecule has 2 fully saturated rings. The molecule has 5 nitrogen and oxygen atoms in total. The third-order valence-electron chi connectivity index (χ3n) is 4.45. The van der Waals surface area contributed by atoms with Gasteiger partial charge in [-0.1, -0.05) is 12.8 Å². The Hall–Kier alpha value is -0.910. The molecule has 2 heterocycles. The number of nitrogens with one attached hydrogen (secondary N) is 1. The summed E-state index contributed by atoms with van der Waals surface area (Å²) in [6.07, 6.45) is 8.39. The van der Waals surface area contributed by atoms with Gasteiger partial charge in [0.05, 0.1) is 37.7 Å². The third kappa shape index (κ3) is 3.22. The molecule has 0 amide bonds. The number of ether oxygens (including phenoxy) is 2. The van der Waals surface area contributed by atoms with Gasteiger partial charge >= 0.3 is 0 Å². The molecular weight excluding hydrogens is 254 g/mol. The van der Waals surface area contributed by atoms with Crippen LogP contribution in [0.3, 0.4) is 0 Å². The molecule has 0 radical (unpaired) electrons. The van der Waals surface area contributed by atoms with Crippen molar-refractivity contribution < 1.29 is 9.47 Å². The summed E-state index contributed by atoms with van der Waals surface area (Å²) < 4.78 is 13.4. The molecule has 0 spiro atoms. The van der Waals surface area contributed by atoms with Gasteiger partial charge in [0.15, 0.2) is 0 Å². The third-order valence-corrected chi connectivity index (χ3v) is 4.45. The second-order valence-electron chi connectivity index (χ2n) is 5.81. The van der Waals surface area contributed by atoms with Crippen LogP contribution in [0, 0.1) is 0 Å². The Labute approximate surface area is 120 Å². The summed E-state index contributed by atoms with van der Waals surface area (Å²) in [6, 6.07) is 3.03. The van der Waals surface area contributed by atoms with Gasteiger partial charge in [-0.2, -0.15) is 5.10 Å². The molecular formula is C15H25N3O2. The zero-order valence-electron chi connectivity index (χ0n) is 12.3. The molecule has 1 aliphatic carbocycles. The van der Waals surface area contributed by atoms with Crippen LogP contribution in [0.5, 0.6) is 0 Å². The second-order valence-corrected chi connectivity index (χ2v) is 5.81. The lowest BCUT2D eigenvalue weighted by Crippen LogP contribution is -2.46. The van der Waals surface area contributed by atoms with Crippen LogP contribution in [0.2, 0.25) is 0 Å². The van der Waals surface area contributed by atoms with Crippen molar-refractivity contribution in [1.82, 2.24) is 15.1 Å². The first-order valence-corrected chi connectivity index (χ1v) is 7.77. The van der Waals surface area contributed by atoms with Gasteiger partial charge in [0.25, 0.3) is 0 Å². The number of hydrogen-bond donors (Lipinski definition) is 1. The van der Waals surface area contributed by atoms with E-state index in [9.17, 15) is 0 Å². The van der Waals surface area contributed by atoms with Crippen molar-refractivity contribution in [1.29, 1.82) is 0 Å². The summed E-state index contributed by atoms with van der Waals surface area (Å²) in [7, 11) is 1.98. The highest BCUT2D eigenvalue weighted by Gasteiger charge is 2.25. The molecule has 1 N–H and O–H groups in total. The Morgan fingerprint density at radius 1 is 1.40 bits per heavy atom. The lowest BCUT2D eigenvalue weighted by Gasteiger charge is -2.29. The summed E-state index contributed by atoms with van der Waals surface area (Å²) in [6.45, 7) is 2.08. The van der Waals surface area contributed by atoms with E-state index in [2.05, 4.69) is 22.3 Å². The van der Waals surface area contributed by atoms with Crippen LogP contribution in [0.25, 0.3) is 0 Å². The van der Waals surface area contributed by atoms with Crippen molar-refractivity contribution in [2.45, 2.75) is 50.3 Å². The zero-order valence-corrected chi connectivity index (χ0v) is 12.3. The Morgan fingerprint density at radius 2 is 2.25 bits per heavy atom. The Balaban J connectivity index is 1.60. The van der Waals surface area contributed by atoms with Crippen LogP contribution >= 0.6 is 0 Å². The lowest BCUT2D eigenvalue weighted by molar-refractivity contribution is -0.100. The van der Waals surface area contributed by atoms with E-state index < -0.39 is 0 Å². The van der Waals surface area contributed by atoms with E-state index >= 15 is 0 Å². The van der Waals surface area contributed by atoms with Gasteiger partial charge in [-0.15, -0.1) is 0 Å². The molecule has 112 valence electrons. The summed E-state index contributed by atoms with van der Waals surface area (Å²) in [4.78, 5) is 0. The van der Waals surface area contributed by atoms with Crippen LogP contribution in [-0.4, -0.2) is 48.8 Å². The average molecular weight is 279 g/mol. The van der Waals surface area contributed by atoms with E-state index in [0.29, 0.717) is 25.9 Å². The van der Waals surface area contributed by atoms with Gasteiger partial charge in [0.1, 0.15) is 0 Å². The van der Waals surface area contributed by atoms with E-state index in [1.165, 1.54) is 25.7 Å². The maximum Gasteiger partial charge on any atom is 0.0965 e. The van der Waals surface area contributed by atoms with Crippen LogP contribution in [0.1, 0.15) is 37.4 Å². The van der Waals surface area contributed by atoms with Crippen molar-refractivity contribution in [2.24, 2.45) is 0 Å². The van der Waals surface area contributed by atoms with Gasteiger partial charge in [-0.05, 0) is 26.0 Å². The highest BCUT2D eigenvalue weighted by molar-refractivity contribution is 5.04. The van der Waals surface area contributed by atoms with Crippen LogP contribution in [0.15, 0.2) is 12.3 Å². The van der Waals surface area contributed by atoms with E-state index in [1.807, 2.05) is 7.05 Å². The maximum absolute atomic E-state index is 5.79. The molecule has 1 aliphatic heterocycles. The molecule has 0 bridgehead atoms. The predicted molar refractivity (Wildman–Crippen MR) is 76.8 cm³/mol. The fourth-order valence-electron chi connectivity index (χ4n) is 3.24.